The molecule has 1 amide bonds. The fourth-order valence-electron chi connectivity index (χ4n) is 6.02. The van der Waals surface area contributed by atoms with E-state index in [0.29, 0.717) is 40.4 Å². The summed E-state index contributed by atoms with van der Waals surface area (Å²) in [6, 6.07) is 18.9. The number of rotatable bonds is 10. The van der Waals surface area contributed by atoms with Crippen LogP contribution in [0.5, 0.6) is 5.75 Å². The molecule has 0 unspecified atom stereocenters. The molecule has 0 spiro atoms. The zero-order valence-electron chi connectivity index (χ0n) is 29.7. The fraction of sp³-hybridized carbons (Fsp3) is 0.237. The number of alkyl carbamates (subject to hydrolysis) is 1. The number of benzene rings is 2. The quantitative estimate of drug-likeness (QED) is 0.137. The van der Waals surface area contributed by atoms with Gasteiger partial charge < -0.3 is 29.9 Å². The van der Waals surface area contributed by atoms with E-state index < -0.39 is 27.8 Å². The van der Waals surface area contributed by atoms with Gasteiger partial charge in [-0.3, -0.25) is 0 Å². The molecule has 0 aliphatic carbocycles. The maximum absolute atomic E-state index is 13.5. The van der Waals surface area contributed by atoms with E-state index >= 15 is 0 Å². The Balaban J connectivity index is 1.26. The Bertz CT molecular complexity index is 2570. The predicted octanol–water partition coefficient (Wildman–Crippen LogP) is 6.58. The number of anilines is 1. The highest BCUT2D eigenvalue weighted by atomic mass is 32.2. The van der Waals surface area contributed by atoms with E-state index in [1.807, 2.05) is 30.5 Å². The number of nitrogens with one attached hydrogen (secondary N) is 2. The third kappa shape index (κ3) is 7.15. The van der Waals surface area contributed by atoms with Gasteiger partial charge in [0.15, 0.2) is 17.2 Å². The monoisotopic (exact) mass is 734 g/mol. The van der Waals surface area contributed by atoms with Gasteiger partial charge in [0.2, 0.25) is 0 Å². The van der Waals surface area contributed by atoms with Crippen LogP contribution in [-0.4, -0.2) is 61.9 Å². The van der Waals surface area contributed by atoms with Crippen LogP contribution in [0.3, 0.4) is 0 Å². The van der Waals surface area contributed by atoms with Gasteiger partial charge in [-0.25, -0.2) is 19.7 Å². The van der Waals surface area contributed by atoms with Crippen LogP contribution in [0.15, 0.2) is 94.7 Å². The smallest absolute Gasteiger partial charge is 0.408 e. The molecule has 1 atom stereocenters. The Hall–Kier alpha value is -6.22. The number of ether oxygens (including phenoxy) is 2. The fourth-order valence-corrected chi connectivity index (χ4v) is 7.32. The molecule has 0 radical (unpaired) electrons. The molecule has 15 heteroatoms. The summed E-state index contributed by atoms with van der Waals surface area (Å²) in [5.41, 5.74) is 10.5. The number of nitrogens with zero attached hydrogens (tertiary/aromatic N) is 5. The van der Waals surface area contributed by atoms with Crippen LogP contribution >= 0.6 is 0 Å². The number of H-pyrrole nitrogens is 1. The molecule has 7 aromatic rings. The molecule has 0 saturated carbocycles. The molecule has 4 N–H and O–H groups in total. The average Bonchev–Trinajstić information content (AvgIpc) is 3.83. The van der Waals surface area contributed by atoms with Gasteiger partial charge in [-0.2, -0.15) is 13.5 Å². The topological polar surface area (TPSA) is 193 Å². The number of amides is 1. The lowest BCUT2D eigenvalue weighted by Crippen LogP contribution is -2.43. The number of furan rings is 1. The van der Waals surface area contributed by atoms with E-state index in [-0.39, 0.29) is 34.2 Å². The number of aryl methyl sites for hydroxylation is 2. The van der Waals surface area contributed by atoms with Crippen LogP contribution < -0.4 is 15.8 Å². The van der Waals surface area contributed by atoms with Crippen molar-refractivity contribution in [3.63, 3.8) is 0 Å². The van der Waals surface area contributed by atoms with E-state index in [4.69, 9.17) is 29.6 Å². The van der Waals surface area contributed by atoms with Crippen LogP contribution in [-0.2, 0) is 21.2 Å². The van der Waals surface area contributed by atoms with Crippen molar-refractivity contribution in [3.05, 3.63) is 102 Å². The summed E-state index contributed by atoms with van der Waals surface area (Å²) in [4.78, 5) is 30.4. The lowest BCUT2D eigenvalue weighted by Gasteiger charge is -2.24. The minimum Gasteiger partial charge on any atom is -0.488 e. The normalized spacial score (nSPS) is 12.6. The summed E-state index contributed by atoms with van der Waals surface area (Å²) in [6.07, 6.45) is 4.76. The first-order chi connectivity index (χ1) is 25.3. The van der Waals surface area contributed by atoms with E-state index in [1.54, 1.807) is 71.2 Å². The van der Waals surface area contributed by atoms with Crippen molar-refractivity contribution in [1.29, 1.82) is 0 Å². The van der Waals surface area contributed by atoms with Crippen molar-refractivity contribution in [2.24, 2.45) is 0 Å². The number of carbonyl (C=O) groups excluding carboxylic acids is 1. The third-order valence-electron chi connectivity index (χ3n) is 8.49. The highest BCUT2D eigenvalue weighted by Gasteiger charge is 2.26. The first-order valence-corrected chi connectivity index (χ1v) is 18.3. The van der Waals surface area contributed by atoms with E-state index in [0.717, 1.165) is 20.6 Å². The van der Waals surface area contributed by atoms with Gasteiger partial charge in [-0.15, -0.1) is 4.09 Å². The van der Waals surface area contributed by atoms with Crippen LogP contribution in [0.25, 0.3) is 44.6 Å². The summed E-state index contributed by atoms with van der Waals surface area (Å²) in [5.74, 6) is 0.930. The molecule has 272 valence electrons. The average molecular weight is 735 g/mol. The second kappa shape index (κ2) is 13.7. The molecule has 2 aromatic carbocycles. The highest BCUT2D eigenvalue weighted by molar-refractivity contribution is 7.90. The van der Waals surface area contributed by atoms with Gasteiger partial charge in [-0.1, -0.05) is 36.4 Å². The Kier molecular flexibility index (Phi) is 9.11. The minimum absolute atomic E-state index is 0.0160. The SMILES string of the molecule is Cc1occc1-c1nc(N)c(OC[C@H](Cc2c[nH]c3ccccc23)NC(=O)OC(C)(C)C)cc1-c1cnc2c(n1)c(C)nn2S(=O)(=O)c1ccccc1. The third-order valence-corrected chi connectivity index (χ3v) is 10.1. The number of para-hydroxylation sites is 1. The molecular weight excluding hydrogens is 697 g/mol. The standard InChI is InChI=1S/C38H38N8O6S/c1-22-33-36(46(45-22)53(48,49)26-11-7-6-8-12-26)41-20-31(43-33)29-18-32(35(39)44-34(29)27-15-16-50-23(27)2)51-21-25(42-37(47)52-38(3,4)5)17-24-19-40-30-14-10-9-13-28(24)30/h6-16,18-20,25,40H,17,21H2,1-5H3,(H2,39,44)(H,42,47)/t25-/m0/s1. The number of carbonyl (C=O) groups is 1. The van der Waals surface area contributed by atoms with E-state index in [9.17, 15) is 13.2 Å². The molecule has 5 heterocycles. The Morgan fingerprint density at radius 2 is 1.79 bits per heavy atom. The minimum atomic E-state index is -4.05. The molecule has 0 aliphatic rings. The Morgan fingerprint density at radius 3 is 2.53 bits per heavy atom. The van der Waals surface area contributed by atoms with Gasteiger partial charge in [0.25, 0.3) is 10.0 Å². The molecule has 53 heavy (non-hydrogen) atoms. The van der Waals surface area contributed by atoms with Crippen molar-refractivity contribution in [1.82, 2.24) is 34.4 Å². The van der Waals surface area contributed by atoms with Crippen LogP contribution in [0.2, 0.25) is 0 Å². The molecule has 7 rings (SSSR count). The summed E-state index contributed by atoms with van der Waals surface area (Å²) in [7, 11) is -4.05. The zero-order valence-corrected chi connectivity index (χ0v) is 30.6. The molecule has 0 fully saturated rings. The van der Waals surface area contributed by atoms with Crippen LogP contribution in [0.1, 0.15) is 37.8 Å². The van der Waals surface area contributed by atoms with Crippen molar-refractivity contribution >= 4 is 44.0 Å². The van der Waals surface area contributed by atoms with Crippen molar-refractivity contribution < 1.29 is 27.1 Å². The summed E-state index contributed by atoms with van der Waals surface area (Å²) in [5, 5.41) is 8.29. The number of nitrogen functional groups attached to an aromatic ring is 1. The van der Waals surface area contributed by atoms with Crippen molar-refractivity contribution in [3.8, 4) is 28.3 Å². The number of pyridine rings is 1. The number of hydrogen-bond donors (Lipinski definition) is 3. The summed E-state index contributed by atoms with van der Waals surface area (Å²) >= 11 is 0. The van der Waals surface area contributed by atoms with Crippen molar-refractivity contribution in [2.45, 2.75) is 57.6 Å². The van der Waals surface area contributed by atoms with Gasteiger partial charge in [0.05, 0.1) is 40.5 Å². The summed E-state index contributed by atoms with van der Waals surface area (Å²) in [6.45, 7) is 8.87. The zero-order chi connectivity index (χ0) is 37.5. The van der Waals surface area contributed by atoms with Crippen LogP contribution in [0.4, 0.5) is 10.6 Å². The van der Waals surface area contributed by atoms with Crippen molar-refractivity contribution in [2.75, 3.05) is 12.3 Å². The summed E-state index contributed by atoms with van der Waals surface area (Å²) < 4.78 is 45.4. The van der Waals surface area contributed by atoms with Gasteiger partial charge in [0, 0.05) is 28.2 Å². The first-order valence-electron chi connectivity index (χ1n) is 16.8. The molecule has 14 nitrogen and oxygen atoms in total. The lowest BCUT2D eigenvalue weighted by atomic mass is 10.0. The first kappa shape index (κ1) is 35.2. The number of aromatic amines is 1. The van der Waals surface area contributed by atoms with Gasteiger partial charge in [0.1, 0.15) is 23.5 Å². The second-order valence-corrected chi connectivity index (χ2v) is 15.3. The largest absolute Gasteiger partial charge is 0.488 e. The molecule has 0 saturated heterocycles. The van der Waals surface area contributed by atoms with Gasteiger partial charge in [-0.05, 0) is 76.9 Å². The predicted molar refractivity (Wildman–Crippen MR) is 200 cm³/mol. The second-order valence-electron chi connectivity index (χ2n) is 13.6. The van der Waals surface area contributed by atoms with E-state index in [1.165, 1.54) is 18.3 Å². The maximum Gasteiger partial charge on any atom is 0.408 e. The Labute approximate surface area is 305 Å². The highest BCUT2D eigenvalue weighted by Crippen LogP contribution is 2.38. The molecule has 0 bridgehead atoms. The van der Waals surface area contributed by atoms with Gasteiger partial charge >= 0.3 is 6.09 Å². The molecular formula is C38H38N8O6S. The number of nitrogens with two attached hydrogens (primary N) is 1. The number of hydrogen-bond acceptors (Lipinski definition) is 11. The van der Waals surface area contributed by atoms with Crippen LogP contribution in [0, 0.1) is 13.8 Å². The lowest BCUT2D eigenvalue weighted by molar-refractivity contribution is 0.0488. The Morgan fingerprint density at radius 1 is 1.04 bits per heavy atom. The molecule has 0 aliphatic heterocycles. The van der Waals surface area contributed by atoms with E-state index in [2.05, 4.69) is 20.4 Å². The molecule has 5 aromatic heterocycles. The number of aromatic nitrogens is 6. The number of fused-ring (bicyclic) bond motifs is 2. The maximum atomic E-state index is 13.5.